The van der Waals surface area contributed by atoms with Gasteiger partial charge in [-0.1, -0.05) is 19.1 Å². The number of nitrogens with one attached hydrogen (secondary N) is 1. The number of nitrogens with zero attached hydrogens (tertiary/aromatic N) is 3. The number of aromatic nitrogens is 3. The van der Waals surface area contributed by atoms with Gasteiger partial charge in [0, 0.05) is 19.2 Å². The van der Waals surface area contributed by atoms with Crippen LogP contribution >= 0.6 is 0 Å². The smallest absolute Gasteiger partial charge is 0.194 e. The maximum atomic E-state index is 5.72. The predicted molar refractivity (Wildman–Crippen MR) is 91.3 cm³/mol. The lowest BCUT2D eigenvalue weighted by molar-refractivity contribution is 0.410. The van der Waals surface area contributed by atoms with Gasteiger partial charge in [0.25, 0.3) is 0 Å². The number of benzene rings is 1. The van der Waals surface area contributed by atoms with E-state index in [1.165, 1.54) is 0 Å². The topological polar surface area (TPSA) is 65.1 Å². The predicted octanol–water partition coefficient (Wildman–Crippen LogP) is 3.03. The monoisotopic (exact) mass is 326 g/mol. The fraction of sp³-hybridized carbons (Fsp3) is 0.333. The Kier molecular flexibility index (Phi) is 4.96. The second kappa shape index (κ2) is 7.31. The first-order valence-electron chi connectivity index (χ1n) is 8.05. The highest BCUT2D eigenvalue weighted by molar-refractivity contribution is 5.46. The number of oxazole rings is 1. The van der Waals surface area contributed by atoms with Gasteiger partial charge in [0.15, 0.2) is 5.89 Å². The minimum absolute atomic E-state index is 0.635. The largest absolute Gasteiger partial charge is 0.494 e. The molecule has 0 atom stereocenters. The Bertz CT molecular complexity index is 807. The van der Waals surface area contributed by atoms with Crippen LogP contribution in [0.25, 0.3) is 5.69 Å². The summed E-state index contributed by atoms with van der Waals surface area (Å²) < 4.78 is 13.0. The van der Waals surface area contributed by atoms with Crippen LogP contribution < -0.4 is 10.1 Å². The highest BCUT2D eigenvalue weighted by Gasteiger charge is 2.11. The van der Waals surface area contributed by atoms with Crippen molar-refractivity contribution in [2.75, 3.05) is 7.11 Å². The second-order valence-corrected chi connectivity index (χ2v) is 5.48. The fourth-order valence-electron chi connectivity index (χ4n) is 2.59. The van der Waals surface area contributed by atoms with Gasteiger partial charge in [0.05, 0.1) is 25.0 Å². The van der Waals surface area contributed by atoms with Crippen LogP contribution in [0.4, 0.5) is 0 Å². The first kappa shape index (κ1) is 16.3. The highest BCUT2D eigenvalue weighted by Crippen LogP contribution is 2.22. The summed E-state index contributed by atoms with van der Waals surface area (Å²) in [5.74, 6) is 2.46. The van der Waals surface area contributed by atoms with Crippen molar-refractivity contribution in [2.24, 2.45) is 0 Å². The van der Waals surface area contributed by atoms with E-state index in [-0.39, 0.29) is 0 Å². The third kappa shape index (κ3) is 3.33. The van der Waals surface area contributed by atoms with Crippen molar-refractivity contribution in [3.05, 3.63) is 59.6 Å². The van der Waals surface area contributed by atoms with Crippen molar-refractivity contribution < 1.29 is 9.15 Å². The van der Waals surface area contributed by atoms with Gasteiger partial charge in [-0.3, -0.25) is 0 Å². The van der Waals surface area contributed by atoms with Crippen molar-refractivity contribution in [2.45, 2.75) is 33.4 Å². The molecule has 0 aliphatic carbocycles. The molecule has 0 saturated heterocycles. The van der Waals surface area contributed by atoms with E-state index in [1.54, 1.807) is 13.3 Å². The number of rotatable bonds is 7. The number of methoxy groups -OCH3 is 1. The Hall–Kier alpha value is -2.60. The van der Waals surface area contributed by atoms with Crippen LogP contribution in [-0.2, 0) is 19.5 Å². The molecule has 0 bridgehead atoms. The number of para-hydroxylation sites is 2. The lowest BCUT2D eigenvalue weighted by Crippen LogP contribution is -2.16. The number of hydrogen-bond acceptors (Lipinski definition) is 5. The van der Waals surface area contributed by atoms with E-state index in [1.807, 2.05) is 48.9 Å². The van der Waals surface area contributed by atoms with E-state index >= 15 is 0 Å². The van der Waals surface area contributed by atoms with Crippen LogP contribution in [0.15, 0.2) is 40.9 Å². The third-order valence-corrected chi connectivity index (χ3v) is 3.87. The molecule has 126 valence electrons. The summed E-state index contributed by atoms with van der Waals surface area (Å²) in [4.78, 5) is 4.39. The Morgan fingerprint density at radius 3 is 2.79 bits per heavy atom. The van der Waals surface area contributed by atoms with Crippen molar-refractivity contribution >= 4 is 0 Å². The number of ether oxygens (including phenoxy) is 1. The summed E-state index contributed by atoms with van der Waals surface area (Å²) in [5.41, 5.74) is 2.91. The van der Waals surface area contributed by atoms with Gasteiger partial charge in [0.1, 0.15) is 17.2 Å². The highest BCUT2D eigenvalue weighted by atomic mass is 16.5. The van der Waals surface area contributed by atoms with E-state index in [4.69, 9.17) is 9.15 Å². The molecule has 0 saturated carbocycles. The lowest BCUT2D eigenvalue weighted by atomic mass is 10.3. The van der Waals surface area contributed by atoms with Crippen LogP contribution in [0.1, 0.15) is 30.0 Å². The summed E-state index contributed by atoms with van der Waals surface area (Å²) in [6.45, 7) is 5.31. The van der Waals surface area contributed by atoms with E-state index in [0.29, 0.717) is 13.1 Å². The summed E-state index contributed by atoms with van der Waals surface area (Å²) in [5, 5.41) is 7.81. The summed E-state index contributed by atoms with van der Waals surface area (Å²) in [6.07, 6.45) is 2.60. The first-order valence-corrected chi connectivity index (χ1v) is 8.05. The molecule has 0 unspecified atom stereocenters. The Morgan fingerprint density at radius 2 is 2.04 bits per heavy atom. The molecule has 0 amide bonds. The summed E-state index contributed by atoms with van der Waals surface area (Å²) in [6, 6.07) is 9.83. The zero-order valence-electron chi connectivity index (χ0n) is 14.2. The average Bonchev–Trinajstić information content (AvgIpc) is 3.21. The van der Waals surface area contributed by atoms with Gasteiger partial charge in [0.2, 0.25) is 0 Å². The minimum atomic E-state index is 0.635. The van der Waals surface area contributed by atoms with E-state index < -0.39 is 0 Å². The van der Waals surface area contributed by atoms with Crippen LogP contribution in [0.2, 0.25) is 0 Å². The summed E-state index contributed by atoms with van der Waals surface area (Å²) >= 11 is 0. The Labute approximate surface area is 141 Å². The Balaban J connectivity index is 1.71. The minimum Gasteiger partial charge on any atom is -0.494 e. The maximum Gasteiger partial charge on any atom is 0.194 e. The Morgan fingerprint density at radius 1 is 1.21 bits per heavy atom. The average molecular weight is 326 g/mol. The molecule has 1 N–H and O–H groups in total. The third-order valence-electron chi connectivity index (χ3n) is 3.87. The van der Waals surface area contributed by atoms with Gasteiger partial charge in [-0.05, 0) is 25.1 Å². The normalized spacial score (nSPS) is 11.0. The van der Waals surface area contributed by atoms with Gasteiger partial charge in [-0.2, -0.15) is 5.10 Å². The molecule has 3 aromatic rings. The molecule has 0 aliphatic rings. The molecule has 6 nitrogen and oxygen atoms in total. The molecular weight excluding hydrogens is 304 g/mol. The fourth-order valence-corrected chi connectivity index (χ4v) is 2.59. The number of hydrogen-bond donors (Lipinski definition) is 1. The molecule has 24 heavy (non-hydrogen) atoms. The zero-order chi connectivity index (χ0) is 16.9. The molecule has 3 rings (SSSR count). The molecule has 2 aromatic heterocycles. The molecule has 0 fully saturated rings. The van der Waals surface area contributed by atoms with Gasteiger partial charge >= 0.3 is 0 Å². The van der Waals surface area contributed by atoms with Gasteiger partial charge in [-0.15, -0.1) is 0 Å². The van der Waals surface area contributed by atoms with Crippen molar-refractivity contribution in [3.8, 4) is 11.4 Å². The summed E-state index contributed by atoms with van der Waals surface area (Å²) in [7, 11) is 1.66. The molecular formula is C18H22N4O2. The SMILES string of the molecule is CCc1nc(C)c(CNCc2ccnn2-c2ccccc2OC)o1. The van der Waals surface area contributed by atoms with Crippen molar-refractivity contribution in [3.63, 3.8) is 0 Å². The zero-order valence-corrected chi connectivity index (χ0v) is 14.2. The van der Waals surface area contributed by atoms with E-state index in [0.717, 1.165) is 40.9 Å². The van der Waals surface area contributed by atoms with Gasteiger partial charge < -0.3 is 14.5 Å². The quantitative estimate of drug-likeness (QED) is 0.723. The van der Waals surface area contributed by atoms with Crippen molar-refractivity contribution in [1.29, 1.82) is 0 Å². The molecule has 6 heteroatoms. The standard InChI is InChI=1S/C18H22N4O2/c1-4-18-21-13(2)17(24-18)12-19-11-14-9-10-20-22(14)15-7-5-6-8-16(15)23-3/h5-10,19H,4,11-12H2,1-3H3. The van der Waals surface area contributed by atoms with E-state index in [9.17, 15) is 0 Å². The maximum absolute atomic E-state index is 5.72. The molecule has 0 radical (unpaired) electrons. The number of aryl methyl sites for hydroxylation is 2. The molecule has 2 heterocycles. The van der Waals surface area contributed by atoms with Crippen LogP contribution in [0.5, 0.6) is 5.75 Å². The van der Waals surface area contributed by atoms with E-state index in [2.05, 4.69) is 15.4 Å². The van der Waals surface area contributed by atoms with Crippen molar-refractivity contribution in [1.82, 2.24) is 20.1 Å². The van der Waals surface area contributed by atoms with Crippen LogP contribution in [0, 0.1) is 6.92 Å². The van der Waals surface area contributed by atoms with Crippen LogP contribution in [-0.4, -0.2) is 21.9 Å². The van der Waals surface area contributed by atoms with Crippen LogP contribution in [0.3, 0.4) is 0 Å². The molecule has 0 spiro atoms. The second-order valence-electron chi connectivity index (χ2n) is 5.48. The lowest BCUT2D eigenvalue weighted by Gasteiger charge is -2.11. The molecule has 1 aromatic carbocycles. The first-order chi connectivity index (χ1) is 11.7. The van der Waals surface area contributed by atoms with Gasteiger partial charge in [-0.25, -0.2) is 9.67 Å². The molecule has 0 aliphatic heterocycles.